The molecule has 7 nitrogen and oxygen atoms in total. The Morgan fingerprint density at radius 1 is 0.938 bits per heavy atom. The Kier molecular flexibility index (Phi) is 7.58. The van der Waals surface area contributed by atoms with Gasteiger partial charge in [0.25, 0.3) is 5.69 Å². The number of benzene rings is 3. The summed E-state index contributed by atoms with van der Waals surface area (Å²) < 4.78 is 26.3. The van der Waals surface area contributed by atoms with E-state index in [-0.39, 0.29) is 0 Å². The molecule has 32 heavy (non-hydrogen) atoms. The molecule has 0 saturated heterocycles. The summed E-state index contributed by atoms with van der Waals surface area (Å²) in [5, 5.41) is 10.6. The number of para-hydroxylation sites is 1. The Morgan fingerprint density at radius 3 is 2.06 bits per heavy atom. The Labute approximate surface area is 198 Å². The molecule has 0 aliphatic heterocycles. The highest BCUT2D eigenvalue weighted by Crippen LogP contribution is 2.42. The number of halogens is 2. The number of nitro benzene ring substituents is 1. The van der Waals surface area contributed by atoms with Gasteiger partial charge in [0.15, 0.2) is 4.90 Å². The standard InChI is InChI=1S/C21H16Cl2N2O5S2/c22-21(23,20(26)31-16-11-5-2-6-12-16)19(15-9-3-1-4-10-15)24-32(29,30)18-14-8-7-13-17(18)25(27)28/h1-14,19,24H. The molecule has 0 saturated carbocycles. The van der Waals surface area contributed by atoms with Gasteiger partial charge in [0.2, 0.25) is 19.5 Å². The van der Waals surface area contributed by atoms with Crippen molar-refractivity contribution in [3.63, 3.8) is 0 Å². The van der Waals surface area contributed by atoms with E-state index in [0.29, 0.717) is 10.5 Å². The summed E-state index contributed by atoms with van der Waals surface area (Å²) in [4.78, 5) is 23.5. The van der Waals surface area contributed by atoms with E-state index in [2.05, 4.69) is 4.72 Å². The zero-order chi connectivity index (χ0) is 23.4. The molecule has 0 aromatic heterocycles. The Hall–Kier alpha value is -2.43. The van der Waals surface area contributed by atoms with E-state index >= 15 is 0 Å². The molecule has 3 aromatic carbocycles. The second-order valence-electron chi connectivity index (χ2n) is 6.52. The lowest BCUT2D eigenvalue weighted by atomic mass is 10.0. The van der Waals surface area contributed by atoms with Crippen LogP contribution < -0.4 is 4.72 Å². The second-order valence-corrected chi connectivity index (χ2v) is 10.6. The molecule has 1 unspecified atom stereocenters. The van der Waals surface area contributed by atoms with Crippen LogP contribution in [0.4, 0.5) is 5.69 Å². The molecule has 0 aliphatic rings. The van der Waals surface area contributed by atoms with E-state index in [1.165, 1.54) is 12.1 Å². The first-order chi connectivity index (χ1) is 15.1. The predicted octanol–water partition coefficient (Wildman–Crippen LogP) is 5.11. The highest BCUT2D eigenvalue weighted by molar-refractivity contribution is 8.14. The van der Waals surface area contributed by atoms with Crippen LogP contribution in [0.2, 0.25) is 0 Å². The SMILES string of the molecule is O=C(Sc1ccccc1)C(Cl)(Cl)C(NS(=O)(=O)c1ccccc1[N+](=O)[O-])c1ccccc1. The molecule has 0 radical (unpaired) electrons. The van der Waals surface area contributed by atoms with Crippen LogP contribution >= 0.6 is 35.0 Å². The van der Waals surface area contributed by atoms with Crippen LogP contribution in [0, 0.1) is 10.1 Å². The molecule has 3 aromatic rings. The van der Waals surface area contributed by atoms with Crippen LogP contribution in [0.15, 0.2) is 94.7 Å². The number of alkyl halides is 2. The number of carbonyl (C=O) groups excluding carboxylic acids is 1. The summed E-state index contributed by atoms with van der Waals surface area (Å²) >= 11 is 13.7. The van der Waals surface area contributed by atoms with Crippen molar-refractivity contribution < 1.29 is 18.1 Å². The first kappa shape index (κ1) is 24.2. The summed E-state index contributed by atoms with van der Waals surface area (Å²) in [6.07, 6.45) is 0. The maximum Gasteiger partial charge on any atom is 0.289 e. The van der Waals surface area contributed by atoms with Crippen LogP contribution in [0.5, 0.6) is 0 Å². The van der Waals surface area contributed by atoms with Crippen molar-refractivity contribution >= 4 is 55.8 Å². The van der Waals surface area contributed by atoms with E-state index in [1.54, 1.807) is 60.7 Å². The number of hydrogen-bond acceptors (Lipinski definition) is 6. The number of carbonyl (C=O) groups is 1. The van der Waals surface area contributed by atoms with Crippen LogP contribution in [0.1, 0.15) is 11.6 Å². The molecule has 166 valence electrons. The van der Waals surface area contributed by atoms with Crippen molar-refractivity contribution in [1.29, 1.82) is 0 Å². The predicted molar refractivity (Wildman–Crippen MR) is 124 cm³/mol. The van der Waals surface area contributed by atoms with Crippen molar-refractivity contribution in [2.24, 2.45) is 0 Å². The summed E-state index contributed by atoms with van der Waals surface area (Å²) in [5.74, 6) is 0. The highest BCUT2D eigenvalue weighted by atomic mass is 35.5. The monoisotopic (exact) mass is 510 g/mol. The second kappa shape index (κ2) is 10.0. The summed E-state index contributed by atoms with van der Waals surface area (Å²) in [6.45, 7) is 0. The van der Waals surface area contributed by atoms with Crippen LogP contribution in [0.25, 0.3) is 0 Å². The smallest absolute Gasteiger partial charge is 0.283 e. The largest absolute Gasteiger partial charge is 0.289 e. The fourth-order valence-electron chi connectivity index (χ4n) is 2.83. The molecule has 1 N–H and O–H groups in total. The lowest BCUT2D eigenvalue weighted by Gasteiger charge is -2.29. The van der Waals surface area contributed by atoms with Gasteiger partial charge in [0, 0.05) is 11.0 Å². The molecule has 1 atom stereocenters. The molecular weight excluding hydrogens is 495 g/mol. The third-order valence-electron chi connectivity index (χ3n) is 4.35. The average Bonchev–Trinajstić information content (AvgIpc) is 2.78. The number of hydrogen-bond donors (Lipinski definition) is 1. The molecule has 3 rings (SSSR count). The minimum Gasteiger partial charge on any atom is -0.283 e. The van der Waals surface area contributed by atoms with Crippen LogP contribution in [-0.4, -0.2) is 22.8 Å². The van der Waals surface area contributed by atoms with Gasteiger partial charge in [0.05, 0.1) is 11.0 Å². The van der Waals surface area contributed by atoms with Gasteiger partial charge >= 0.3 is 0 Å². The van der Waals surface area contributed by atoms with Gasteiger partial charge in [0.1, 0.15) is 0 Å². The zero-order valence-electron chi connectivity index (χ0n) is 16.2. The van der Waals surface area contributed by atoms with Gasteiger partial charge < -0.3 is 0 Å². The van der Waals surface area contributed by atoms with Crippen LogP contribution in [-0.2, 0) is 14.8 Å². The first-order valence-corrected chi connectivity index (χ1v) is 12.1. The van der Waals surface area contributed by atoms with E-state index in [9.17, 15) is 23.3 Å². The van der Waals surface area contributed by atoms with Gasteiger partial charge in [-0.25, -0.2) is 8.42 Å². The van der Waals surface area contributed by atoms with E-state index in [4.69, 9.17) is 23.2 Å². The Bertz CT molecular complexity index is 1220. The zero-order valence-corrected chi connectivity index (χ0v) is 19.4. The third kappa shape index (κ3) is 5.48. The Morgan fingerprint density at radius 2 is 1.47 bits per heavy atom. The van der Waals surface area contributed by atoms with Gasteiger partial charge in [-0.1, -0.05) is 83.9 Å². The maximum absolute atomic E-state index is 13.1. The van der Waals surface area contributed by atoms with Crippen LogP contribution in [0.3, 0.4) is 0 Å². The highest BCUT2D eigenvalue weighted by Gasteiger charge is 2.46. The number of rotatable bonds is 8. The molecule has 0 fully saturated rings. The summed E-state index contributed by atoms with van der Waals surface area (Å²) in [7, 11) is -4.49. The minimum absolute atomic E-state index is 0.307. The van der Waals surface area contributed by atoms with Crippen molar-refractivity contribution in [1.82, 2.24) is 4.72 Å². The molecule has 0 heterocycles. The number of nitrogens with zero attached hydrogens (tertiary/aromatic N) is 1. The van der Waals surface area contributed by atoms with E-state index < -0.39 is 41.0 Å². The van der Waals surface area contributed by atoms with Crippen molar-refractivity contribution in [3.05, 3.63) is 101 Å². The van der Waals surface area contributed by atoms with Crippen molar-refractivity contribution in [2.45, 2.75) is 20.2 Å². The molecule has 0 amide bonds. The summed E-state index contributed by atoms with van der Waals surface area (Å²) in [6, 6.07) is 20.1. The maximum atomic E-state index is 13.1. The lowest BCUT2D eigenvalue weighted by molar-refractivity contribution is -0.387. The number of thioether (sulfide) groups is 1. The lowest BCUT2D eigenvalue weighted by Crippen LogP contribution is -2.43. The molecule has 0 spiro atoms. The summed E-state index contributed by atoms with van der Waals surface area (Å²) in [5.41, 5.74) is -0.312. The Balaban J connectivity index is 2.02. The average molecular weight is 511 g/mol. The van der Waals surface area contributed by atoms with E-state index in [1.807, 2.05) is 0 Å². The molecule has 0 aliphatic carbocycles. The molecular formula is C21H16Cl2N2O5S2. The quantitative estimate of drug-likeness (QED) is 0.195. The first-order valence-electron chi connectivity index (χ1n) is 9.09. The normalized spacial score (nSPS) is 12.8. The number of nitrogens with one attached hydrogen (secondary N) is 1. The number of nitro groups is 1. The van der Waals surface area contributed by atoms with Crippen molar-refractivity contribution in [3.8, 4) is 0 Å². The van der Waals surface area contributed by atoms with Gasteiger partial charge in [-0.05, 0) is 35.5 Å². The van der Waals surface area contributed by atoms with Gasteiger partial charge in [-0.3, -0.25) is 14.9 Å². The topological polar surface area (TPSA) is 106 Å². The molecule has 11 heteroatoms. The van der Waals surface area contributed by atoms with Gasteiger partial charge in [-0.2, -0.15) is 4.72 Å². The third-order valence-corrected chi connectivity index (χ3v) is 7.84. The van der Waals surface area contributed by atoms with Crippen molar-refractivity contribution in [2.75, 3.05) is 0 Å². The fourth-order valence-corrected chi connectivity index (χ4v) is 5.74. The minimum atomic E-state index is -4.49. The van der Waals surface area contributed by atoms with Gasteiger partial charge in [-0.15, -0.1) is 0 Å². The number of sulfonamides is 1. The molecule has 0 bridgehead atoms. The fraction of sp³-hybridized carbons (Fsp3) is 0.0952. The van der Waals surface area contributed by atoms with E-state index in [0.717, 1.165) is 23.9 Å².